The first kappa shape index (κ1) is 12.6. The van der Waals surface area contributed by atoms with E-state index in [2.05, 4.69) is 41.5 Å². The van der Waals surface area contributed by atoms with Gasteiger partial charge in [0.25, 0.3) is 0 Å². The molecule has 0 saturated heterocycles. The number of hydrogen-bond donors (Lipinski definition) is 2. The molecule has 1 heterocycles. The number of benzene rings is 1. The second-order valence-electron chi connectivity index (χ2n) is 4.45. The van der Waals surface area contributed by atoms with Crippen molar-refractivity contribution in [2.75, 3.05) is 7.11 Å². The molecule has 18 heavy (non-hydrogen) atoms. The Kier molecular flexibility index (Phi) is 3.99. The predicted molar refractivity (Wildman–Crippen MR) is 71.6 cm³/mol. The Morgan fingerprint density at radius 3 is 2.94 bits per heavy atom. The lowest BCUT2D eigenvalue weighted by molar-refractivity contribution is 0.406. The van der Waals surface area contributed by atoms with Crippen LogP contribution in [0.1, 0.15) is 29.7 Å². The van der Waals surface area contributed by atoms with Crippen molar-refractivity contribution in [3.63, 3.8) is 0 Å². The Balaban J connectivity index is 2.03. The van der Waals surface area contributed by atoms with Crippen LogP contribution in [0.25, 0.3) is 0 Å². The molecule has 1 atom stereocenters. The van der Waals surface area contributed by atoms with E-state index in [9.17, 15) is 0 Å². The predicted octanol–water partition coefficient (Wildman–Crippen LogP) is 2.58. The van der Waals surface area contributed by atoms with Crippen molar-refractivity contribution in [2.24, 2.45) is 0 Å². The summed E-state index contributed by atoms with van der Waals surface area (Å²) in [4.78, 5) is 0. The average molecular weight is 245 g/mol. The number of aromatic amines is 1. The molecule has 0 aliphatic heterocycles. The Hall–Kier alpha value is -1.81. The zero-order valence-corrected chi connectivity index (χ0v) is 11.0. The number of hydrogen-bond acceptors (Lipinski definition) is 3. The highest BCUT2D eigenvalue weighted by atomic mass is 16.5. The van der Waals surface area contributed by atoms with Crippen LogP contribution in [0.3, 0.4) is 0 Å². The molecule has 4 heteroatoms. The van der Waals surface area contributed by atoms with Gasteiger partial charge >= 0.3 is 0 Å². The minimum Gasteiger partial charge on any atom is -0.496 e. The Labute approximate surface area is 107 Å². The van der Waals surface area contributed by atoms with Crippen LogP contribution in [0.2, 0.25) is 0 Å². The largest absolute Gasteiger partial charge is 0.496 e. The highest BCUT2D eigenvalue weighted by Gasteiger charge is 2.08. The van der Waals surface area contributed by atoms with Crippen LogP contribution in [-0.4, -0.2) is 17.3 Å². The zero-order valence-electron chi connectivity index (χ0n) is 11.0. The highest BCUT2D eigenvalue weighted by molar-refractivity contribution is 5.36. The first-order chi connectivity index (χ1) is 8.70. The first-order valence-electron chi connectivity index (χ1n) is 6.06. The molecule has 0 radical (unpaired) electrons. The van der Waals surface area contributed by atoms with Crippen LogP contribution < -0.4 is 10.1 Å². The minimum absolute atomic E-state index is 0.258. The maximum absolute atomic E-state index is 5.36. The molecular weight excluding hydrogens is 226 g/mol. The van der Waals surface area contributed by atoms with E-state index < -0.39 is 0 Å². The number of ether oxygens (including phenoxy) is 1. The molecule has 0 bridgehead atoms. The summed E-state index contributed by atoms with van der Waals surface area (Å²) in [5, 5.41) is 10.2. The van der Waals surface area contributed by atoms with Crippen LogP contribution in [0.15, 0.2) is 30.6 Å². The molecule has 2 N–H and O–H groups in total. The fourth-order valence-corrected chi connectivity index (χ4v) is 1.92. The summed E-state index contributed by atoms with van der Waals surface area (Å²) in [6.45, 7) is 4.98. The second-order valence-corrected chi connectivity index (χ2v) is 4.45. The molecule has 1 aromatic carbocycles. The number of nitrogens with one attached hydrogen (secondary N) is 2. The summed E-state index contributed by atoms with van der Waals surface area (Å²) in [6, 6.07) is 6.47. The summed E-state index contributed by atoms with van der Waals surface area (Å²) in [5.41, 5.74) is 3.57. The normalized spacial score (nSPS) is 12.4. The summed E-state index contributed by atoms with van der Waals surface area (Å²) in [5.74, 6) is 0.924. The highest BCUT2D eigenvalue weighted by Crippen LogP contribution is 2.20. The Morgan fingerprint density at radius 2 is 2.28 bits per heavy atom. The van der Waals surface area contributed by atoms with Gasteiger partial charge in [-0.25, -0.2) is 0 Å². The monoisotopic (exact) mass is 245 g/mol. The van der Waals surface area contributed by atoms with Crippen LogP contribution in [0.5, 0.6) is 5.75 Å². The number of H-pyrrole nitrogens is 1. The van der Waals surface area contributed by atoms with Crippen molar-refractivity contribution >= 4 is 0 Å². The quantitative estimate of drug-likeness (QED) is 0.851. The van der Waals surface area contributed by atoms with Crippen molar-refractivity contribution in [2.45, 2.75) is 26.4 Å². The molecule has 96 valence electrons. The lowest BCUT2D eigenvalue weighted by Gasteiger charge is -2.14. The van der Waals surface area contributed by atoms with Crippen molar-refractivity contribution in [1.82, 2.24) is 15.5 Å². The number of aromatic nitrogens is 2. The Bertz CT molecular complexity index is 494. The standard InChI is InChI=1S/C14H19N3O/c1-10-4-5-14(18-3)12(6-10)7-15-11(2)13-8-16-17-9-13/h4-6,8-9,11,15H,7H2,1-3H3,(H,16,17). The van der Waals surface area contributed by atoms with E-state index >= 15 is 0 Å². The van der Waals surface area contributed by atoms with Gasteiger partial charge in [-0.1, -0.05) is 17.7 Å². The van der Waals surface area contributed by atoms with E-state index in [4.69, 9.17) is 4.74 Å². The second kappa shape index (κ2) is 5.69. The molecule has 1 aromatic heterocycles. The van der Waals surface area contributed by atoms with E-state index in [0.29, 0.717) is 0 Å². The van der Waals surface area contributed by atoms with Gasteiger partial charge in [0.05, 0.1) is 13.3 Å². The van der Waals surface area contributed by atoms with E-state index in [1.807, 2.05) is 18.5 Å². The summed E-state index contributed by atoms with van der Waals surface area (Å²) >= 11 is 0. The Morgan fingerprint density at radius 1 is 1.44 bits per heavy atom. The maximum Gasteiger partial charge on any atom is 0.123 e. The van der Waals surface area contributed by atoms with Crippen molar-refractivity contribution in [3.8, 4) is 5.75 Å². The smallest absolute Gasteiger partial charge is 0.123 e. The van der Waals surface area contributed by atoms with E-state index in [1.165, 1.54) is 11.1 Å². The van der Waals surface area contributed by atoms with Gasteiger partial charge in [-0.2, -0.15) is 5.10 Å². The number of aryl methyl sites for hydroxylation is 1. The molecule has 4 nitrogen and oxygen atoms in total. The van der Waals surface area contributed by atoms with Gasteiger partial charge in [0.1, 0.15) is 5.75 Å². The molecule has 2 aromatic rings. The maximum atomic E-state index is 5.36. The van der Waals surface area contributed by atoms with E-state index in [1.54, 1.807) is 7.11 Å². The van der Waals surface area contributed by atoms with Crippen molar-refractivity contribution in [3.05, 3.63) is 47.3 Å². The van der Waals surface area contributed by atoms with E-state index in [-0.39, 0.29) is 6.04 Å². The number of methoxy groups -OCH3 is 1. The number of nitrogens with zero attached hydrogens (tertiary/aromatic N) is 1. The van der Waals surface area contributed by atoms with Gasteiger partial charge < -0.3 is 10.1 Å². The average Bonchev–Trinajstić information content (AvgIpc) is 2.90. The molecule has 0 fully saturated rings. The zero-order chi connectivity index (χ0) is 13.0. The van der Waals surface area contributed by atoms with Crippen LogP contribution in [0, 0.1) is 6.92 Å². The van der Waals surface area contributed by atoms with Gasteiger partial charge in [-0.15, -0.1) is 0 Å². The topological polar surface area (TPSA) is 49.9 Å². The molecule has 1 unspecified atom stereocenters. The van der Waals surface area contributed by atoms with Crippen molar-refractivity contribution in [1.29, 1.82) is 0 Å². The van der Waals surface area contributed by atoms with Gasteiger partial charge in [0, 0.05) is 29.9 Å². The molecule has 0 aliphatic rings. The fourth-order valence-electron chi connectivity index (χ4n) is 1.92. The molecule has 0 aliphatic carbocycles. The molecule has 0 amide bonds. The van der Waals surface area contributed by atoms with Gasteiger partial charge in [0.15, 0.2) is 0 Å². The number of rotatable bonds is 5. The molecule has 0 spiro atoms. The first-order valence-corrected chi connectivity index (χ1v) is 6.06. The van der Waals surface area contributed by atoms with Crippen LogP contribution >= 0.6 is 0 Å². The van der Waals surface area contributed by atoms with E-state index in [0.717, 1.165) is 17.9 Å². The van der Waals surface area contributed by atoms with Crippen LogP contribution in [-0.2, 0) is 6.54 Å². The minimum atomic E-state index is 0.258. The van der Waals surface area contributed by atoms with Crippen molar-refractivity contribution < 1.29 is 4.74 Å². The third kappa shape index (κ3) is 2.90. The lowest BCUT2D eigenvalue weighted by Crippen LogP contribution is -2.18. The van der Waals surface area contributed by atoms with Gasteiger partial charge in [0.2, 0.25) is 0 Å². The summed E-state index contributed by atoms with van der Waals surface area (Å²) in [7, 11) is 1.70. The fraction of sp³-hybridized carbons (Fsp3) is 0.357. The van der Waals surface area contributed by atoms with Crippen LogP contribution in [0.4, 0.5) is 0 Å². The van der Waals surface area contributed by atoms with Gasteiger partial charge in [-0.05, 0) is 19.9 Å². The molecule has 0 saturated carbocycles. The summed E-state index contributed by atoms with van der Waals surface area (Å²) in [6.07, 6.45) is 3.75. The molecule has 2 rings (SSSR count). The third-order valence-electron chi connectivity index (χ3n) is 3.05. The SMILES string of the molecule is COc1ccc(C)cc1CNC(C)c1cn[nH]c1. The summed E-state index contributed by atoms with van der Waals surface area (Å²) < 4.78 is 5.36. The third-order valence-corrected chi connectivity index (χ3v) is 3.05. The molecular formula is C14H19N3O. The lowest BCUT2D eigenvalue weighted by atomic mass is 10.1. The van der Waals surface area contributed by atoms with Gasteiger partial charge in [-0.3, -0.25) is 5.10 Å².